The van der Waals surface area contributed by atoms with E-state index in [1.807, 2.05) is 6.07 Å². The number of nitrogens with zero attached hydrogens (tertiary/aromatic N) is 2. The first-order valence-corrected chi connectivity index (χ1v) is 3.79. The normalized spacial score (nSPS) is 8.64. The standard InChI is InChI=1S/C8H6N2S/c1-3-6-7(4-2)11-8(5-9)10-6/h3-4H,1-2H2. The van der Waals surface area contributed by atoms with E-state index in [1.54, 1.807) is 12.2 Å². The summed E-state index contributed by atoms with van der Waals surface area (Å²) in [6.45, 7) is 7.17. The maximum absolute atomic E-state index is 8.50. The summed E-state index contributed by atoms with van der Waals surface area (Å²) in [5, 5.41) is 8.95. The van der Waals surface area contributed by atoms with Gasteiger partial charge in [0.05, 0.1) is 10.6 Å². The van der Waals surface area contributed by atoms with Gasteiger partial charge in [0, 0.05) is 0 Å². The molecular weight excluding hydrogens is 156 g/mol. The first kappa shape index (κ1) is 7.70. The predicted octanol–water partition coefficient (Wildman–Crippen LogP) is 2.30. The number of hydrogen-bond donors (Lipinski definition) is 0. The molecule has 1 aromatic heterocycles. The van der Waals surface area contributed by atoms with Crippen LogP contribution in [0.3, 0.4) is 0 Å². The molecule has 0 aliphatic rings. The van der Waals surface area contributed by atoms with Crippen LogP contribution < -0.4 is 0 Å². The van der Waals surface area contributed by atoms with Gasteiger partial charge in [-0.3, -0.25) is 0 Å². The van der Waals surface area contributed by atoms with Gasteiger partial charge in [-0.05, 0) is 12.2 Å². The van der Waals surface area contributed by atoms with E-state index in [4.69, 9.17) is 5.26 Å². The minimum absolute atomic E-state index is 0.454. The van der Waals surface area contributed by atoms with Crippen molar-refractivity contribution in [2.24, 2.45) is 0 Å². The maximum atomic E-state index is 8.50. The Balaban J connectivity index is 3.25. The van der Waals surface area contributed by atoms with Gasteiger partial charge < -0.3 is 0 Å². The van der Waals surface area contributed by atoms with Crippen molar-refractivity contribution in [2.45, 2.75) is 0 Å². The molecule has 0 unspecified atom stereocenters. The third-order valence-electron chi connectivity index (χ3n) is 1.16. The molecule has 0 aliphatic carbocycles. The van der Waals surface area contributed by atoms with Crippen molar-refractivity contribution in [1.29, 1.82) is 5.26 Å². The van der Waals surface area contributed by atoms with E-state index in [9.17, 15) is 0 Å². The minimum atomic E-state index is 0.454. The number of aromatic nitrogens is 1. The zero-order valence-electron chi connectivity index (χ0n) is 5.87. The largest absolute Gasteiger partial charge is 0.226 e. The Morgan fingerprint density at radius 2 is 2.18 bits per heavy atom. The van der Waals surface area contributed by atoms with Gasteiger partial charge in [0.25, 0.3) is 0 Å². The van der Waals surface area contributed by atoms with Gasteiger partial charge in [0.2, 0.25) is 0 Å². The predicted molar refractivity (Wildman–Crippen MR) is 47.0 cm³/mol. The number of thiazole rings is 1. The van der Waals surface area contributed by atoms with Crippen molar-refractivity contribution in [3.8, 4) is 6.07 Å². The molecule has 0 aliphatic heterocycles. The SMILES string of the molecule is C=Cc1nc(C#N)sc1C=C. The van der Waals surface area contributed by atoms with Crippen LogP contribution in [0.2, 0.25) is 0 Å². The summed E-state index contributed by atoms with van der Waals surface area (Å²) >= 11 is 1.32. The van der Waals surface area contributed by atoms with Gasteiger partial charge in [-0.1, -0.05) is 13.2 Å². The Morgan fingerprint density at radius 1 is 1.45 bits per heavy atom. The van der Waals surface area contributed by atoms with Crippen molar-refractivity contribution >= 4 is 23.5 Å². The summed E-state index contributed by atoms with van der Waals surface area (Å²) in [5.41, 5.74) is 0.738. The Kier molecular flexibility index (Phi) is 2.19. The molecule has 1 rings (SSSR count). The molecule has 0 bridgehead atoms. The van der Waals surface area contributed by atoms with Gasteiger partial charge in [0.1, 0.15) is 6.07 Å². The molecule has 0 radical (unpaired) electrons. The van der Waals surface area contributed by atoms with Gasteiger partial charge >= 0.3 is 0 Å². The van der Waals surface area contributed by atoms with E-state index in [0.717, 1.165) is 10.6 Å². The van der Waals surface area contributed by atoms with Crippen LogP contribution in [0.5, 0.6) is 0 Å². The second-order valence-electron chi connectivity index (χ2n) is 1.79. The fraction of sp³-hybridized carbons (Fsp3) is 0. The molecule has 0 atom stereocenters. The topological polar surface area (TPSA) is 36.7 Å². The zero-order chi connectivity index (χ0) is 8.27. The molecule has 54 valence electrons. The average molecular weight is 162 g/mol. The molecule has 11 heavy (non-hydrogen) atoms. The van der Waals surface area contributed by atoms with Crippen LogP contribution in [0.4, 0.5) is 0 Å². The lowest BCUT2D eigenvalue weighted by molar-refractivity contribution is 1.32. The molecule has 0 aromatic carbocycles. The van der Waals surface area contributed by atoms with Crippen molar-refractivity contribution < 1.29 is 0 Å². The molecule has 3 heteroatoms. The molecule has 1 aromatic rings. The highest BCUT2D eigenvalue weighted by Crippen LogP contribution is 2.19. The van der Waals surface area contributed by atoms with Crippen LogP contribution in [0.1, 0.15) is 15.6 Å². The third-order valence-corrected chi connectivity index (χ3v) is 2.13. The first-order valence-electron chi connectivity index (χ1n) is 2.97. The fourth-order valence-corrected chi connectivity index (χ4v) is 1.40. The fourth-order valence-electron chi connectivity index (χ4n) is 0.684. The zero-order valence-corrected chi connectivity index (χ0v) is 6.69. The van der Waals surface area contributed by atoms with Crippen LogP contribution in [-0.4, -0.2) is 4.98 Å². The van der Waals surface area contributed by atoms with E-state index >= 15 is 0 Å². The Bertz CT molecular complexity index is 305. The highest BCUT2D eigenvalue weighted by atomic mass is 32.1. The summed E-state index contributed by atoms with van der Waals surface area (Å²) in [5.74, 6) is 0. The second kappa shape index (κ2) is 3.13. The van der Waals surface area contributed by atoms with Crippen molar-refractivity contribution in [1.82, 2.24) is 4.98 Å². The molecular formula is C8H6N2S. The molecule has 0 saturated heterocycles. The third kappa shape index (κ3) is 1.36. The van der Waals surface area contributed by atoms with Gasteiger partial charge in [-0.2, -0.15) is 5.26 Å². The first-order chi connectivity index (χ1) is 5.31. The lowest BCUT2D eigenvalue weighted by atomic mass is 10.3. The molecule has 0 amide bonds. The highest BCUT2D eigenvalue weighted by molar-refractivity contribution is 7.13. The lowest BCUT2D eigenvalue weighted by Gasteiger charge is -1.82. The summed E-state index contributed by atoms with van der Waals surface area (Å²) in [4.78, 5) is 4.89. The van der Waals surface area contributed by atoms with Crippen LogP contribution in [-0.2, 0) is 0 Å². The van der Waals surface area contributed by atoms with E-state index in [-0.39, 0.29) is 0 Å². The number of nitriles is 1. The quantitative estimate of drug-likeness (QED) is 0.669. The van der Waals surface area contributed by atoms with Crippen LogP contribution in [0.25, 0.3) is 12.2 Å². The van der Waals surface area contributed by atoms with E-state index < -0.39 is 0 Å². The summed E-state index contributed by atoms with van der Waals surface area (Å²) in [6, 6.07) is 1.97. The van der Waals surface area contributed by atoms with Gasteiger partial charge in [0.15, 0.2) is 5.01 Å². The lowest BCUT2D eigenvalue weighted by Crippen LogP contribution is -1.73. The number of rotatable bonds is 2. The van der Waals surface area contributed by atoms with E-state index in [0.29, 0.717) is 5.01 Å². The number of hydrogen-bond acceptors (Lipinski definition) is 3. The molecule has 2 nitrogen and oxygen atoms in total. The second-order valence-corrected chi connectivity index (χ2v) is 2.82. The van der Waals surface area contributed by atoms with E-state index in [1.165, 1.54) is 11.3 Å². The molecule has 0 spiro atoms. The summed E-state index contributed by atoms with van der Waals surface area (Å²) < 4.78 is 0. The average Bonchev–Trinajstić information content (AvgIpc) is 2.46. The summed E-state index contributed by atoms with van der Waals surface area (Å²) in [7, 11) is 0. The van der Waals surface area contributed by atoms with Crippen molar-refractivity contribution in [2.75, 3.05) is 0 Å². The minimum Gasteiger partial charge on any atom is -0.226 e. The molecule has 1 heterocycles. The van der Waals surface area contributed by atoms with Crippen LogP contribution in [0, 0.1) is 11.3 Å². The molecule has 0 fully saturated rings. The maximum Gasteiger partial charge on any atom is 0.195 e. The van der Waals surface area contributed by atoms with Gasteiger partial charge in [-0.25, -0.2) is 4.98 Å². The van der Waals surface area contributed by atoms with Crippen molar-refractivity contribution in [3.63, 3.8) is 0 Å². The van der Waals surface area contributed by atoms with E-state index in [2.05, 4.69) is 18.1 Å². The van der Waals surface area contributed by atoms with Crippen LogP contribution in [0.15, 0.2) is 13.2 Å². The molecule has 0 N–H and O–H groups in total. The molecule has 0 saturated carbocycles. The monoisotopic (exact) mass is 162 g/mol. The van der Waals surface area contributed by atoms with Crippen LogP contribution >= 0.6 is 11.3 Å². The smallest absolute Gasteiger partial charge is 0.195 e. The van der Waals surface area contributed by atoms with Crippen molar-refractivity contribution in [3.05, 3.63) is 28.7 Å². The Hall–Kier alpha value is -1.40. The Morgan fingerprint density at radius 3 is 2.55 bits per heavy atom. The van der Waals surface area contributed by atoms with Gasteiger partial charge in [-0.15, -0.1) is 11.3 Å². The summed E-state index contributed by atoms with van der Waals surface area (Å²) in [6.07, 6.45) is 3.30. The highest BCUT2D eigenvalue weighted by Gasteiger charge is 2.03. The Labute approximate surface area is 69.1 Å².